The summed E-state index contributed by atoms with van der Waals surface area (Å²) in [6.07, 6.45) is 6.50. The van der Waals surface area contributed by atoms with Gasteiger partial charge in [-0.05, 0) is 43.0 Å². The zero-order valence-electron chi connectivity index (χ0n) is 9.93. The van der Waals surface area contributed by atoms with E-state index in [2.05, 4.69) is 17.2 Å². The Bertz CT molecular complexity index is 523. The molecule has 0 amide bonds. The van der Waals surface area contributed by atoms with E-state index in [4.69, 9.17) is 0 Å². The van der Waals surface area contributed by atoms with Crippen LogP contribution in [-0.2, 0) is 6.42 Å². The minimum atomic E-state index is -0.413. The molecule has 0 spiro atoms. The van der Waals surface area contributed by atoms with Crippen molar-refractivity contribution in [2.24, 2.45) is 0 Å². The zero-order chi connectivity index (χ0) is 11.9. The highest BCUT2D eigenvalue weighted by Crippen LogP contribution is 2.38. The van der Waals surface area contributed by atoms with Gasteiger partial charge in [-0.2, -0.15) is 5.10 Å². The van der Waals surface area contributed by atoms with E-state index in [0.717, 1.165) is 30.5 Å². The van der Waals surface area contributed by atoms with Crippen molar-refractivity contribution >= 4 is 0 Å². The lowest BCUT2D eigenvalue weighted by atomic mass is 10.1. The van der Waals surface area contributed by atoms with Crippen molar-refractivity contribution in [3.8, 4) is 5.69 Å². The fourth-order valence-electron chi connectivity index (χ4n) is 2.02. The van der Waals surface area contributed by atoms with Gasteiger partial charge in [-0.3, -0.25) is 0 Å². The summed E-state index contributed by atoms with van der Waals surface area (Å²) in [5.41, 5.74) is 2.99. The molecule has 0 bridgehead atoms. The molecule has 3 nitrogen and oxygen atoms in total. The Hall–Kier alpha value is -1.61. The quantitative estimate of drug-likeness (QED) is 0.875. The van der Waals surface area contributed by atoms with E-state index in [9.17, 15) is 5.11 Å². The molecule has 3 rings (SSSR count). The molecule has 3 heteroatoms. The number of aliphatic hydroxyl groups is 1. The summed E-state index contributed by atoms with van der Waals surface area (Å²) in [7, 11) is 0. The van der Waals surface area contributed by atoms with Crippen molar-refractivity contribution in [3.63, 3.8) is 0 Å². The zero-order valence-corrected chi connectivity index (χ0v) is 9.93. The first-order valence-corrected chi connectivity index (χ1v) is 5.98. The third kappa shape index (κ3) is 2.24. The number of aryl methyl sites for hydroxylation is 1. The second-order valence-corrected chi connectivity index (χ2v) is 5.03. The summed E-state index contributed by atoms with van der Waals surface area (Å²) in [6.45, 7) is 2.03. The molecule has 88 valence electrons. The molecule has 1 saturated carbocycles. The molecular formula is C14H16N2O. The van der Waals surface area contributed by atoms with Crippen LogP contribution in [0.15, 0.2) is 36.7 Å². The molecule has 1 fully saturated rings. The van der Waals surface area contributed by atoms with Crippen molar-refractivity contribution in [3.05, 3.63) is 47.8 Å². The Balaban J connectivity index is 1.80. The second kappa shape index (κ2) is 3.70. The van der Waals surface area contributed by atoms with Gasteiger partial charge in [0.05, 0.1) is 17.5 Å². The van der Waals surface area contributed by atoms with Gasteiger partial charge in [-0.15, -0.1) is 0 Å². The van der Waals surface area contributed by atoms with E-state index in [1.165, 1.54) is 5.56 Å². The van der Waals surface area contributed by atoms with Gasteiger partial charge in [0.2, 0.25) is 0 Å². The van der Waals surface area contributed by atoms with E-state index in [1.807, 2.05) is 36.1 Å². The van der Waals surface area contributed by atoms with Gasteiger partial charge in [-0.25, -0.2) is 4.68 Å². The molecule has 0 atom stereocenters. The minimum Gasteiger partial charge on any atom is -0.390 e. The summed E-state index contributed by atoms with van der Waals surface area (Å²) in [5.74, 6) is 0. The van der Waals surface area contributed by atoms with Crippen LogP contribution in [0.5, 0.6) is 0 Å². The SMILES string of the molecule is Cc1cnn(-c2ccc(CC3(O)CC3)cc2)c1. The maximum Gasteiger partial charge on any atom is 0.0690 e. The van der Waals surface area contributed by atoms with Gasteiger partial charge in [0, 0.05) is 12.6 Å². The molecule has 0 radical (unpaired) electrons. The molecule has 1 N–H and O–H groups in total. The molecule has 17 heavy (non-hydrogen) atoms. The number of rotatable bonds is 3. The Morgan fingerprint density at radius 2 is 2.00 bits per heavy atom. The number of nitrogens with zero attached hydrogens (tertiary/aromatic N) is 2. The average molecular weight is 228 g/mol. The van der Waals surface area contributed by atoms with Crippen LogP contribution in [0.3, 0.4) is 0 Å². The van der Waals surface area contributed by atoms with Crippen molar-refractivity contribution in [2.75, 3.05) is 0 Å². The van der Waals surface area contributed by atoms with Crippen LogP contribution in [0.25, 0.3) is 5.69 Å². The van der Waals surface area contributed by atoms with Crippen LogP contribution < -0.4 is 0 Å². The molecule has 0 aliphatic heterocycles. The third-order valence-corrected chi connectivity index (χ3v) is 3.27. The molecule has 0 saturated heterocycles. The molecule has 1 aliphatic rings. The standard InChI is InChI=1S/C14H16N2O/c1-11-9-15-16(10-11)13-4-2-12(3-5-13)8-14(17)6-7-14/h2-5,9-10,17H,6-8H2,1H3. The number of benzene rings is 1. The Morgan fingerprint density at radius 3 is 2.53 bits per heavy atom. The molecular weight excluding hydrogens is 212 g/mol. The van der Waals surface area contributed by atoms with Gasteiger partial charge < -0.3 is 5.11 Å². The normalized spacial score (nSPS) is 17.1. The first kappa shape index (κ1) is 10.5. The highest BCUT2D eigenvalue weighted by Gasteiger charge is 2.39. The number of hydrogen-bond acceptors (Lipinski definition) is 2. The lowest BCUT2D eigenvalue weighted by molar-refractivity contribution is 0.151. The Labute approximate surface area is 101 Å². The molecule has 2 aromatic rings. The van der Waals surface area contributed by atoms with Crippen molar-refractivity contribution < 1.29 is 5.11 Å². The molecule has 1 aromatic heterocycles. The van der Waals surface area contributed by atoms with Crippen LogP contribution in [0, 0.1) is 6.92 Å². The highest BCUT2D eigenvalue weighted by atomic mass is 16.3. The first-order chi connectivity index (χ1) is 8.15. The van der Waals surface area contributed by atoms with Gasteiger partial charge in [-0.1, -0.05) is 12.1 Å². The van der Waals surface area contributed by atoms with Gasteiger partial charge in [0.1, 0.15) is 0 Å². The van der Waals surface area contributed by atoms with Crippen LogP contribution in [0.1, 0.15) is 24.0 Å². The monoisotopic (exact) mass is 228 g/mol. The second-order valence-electron chi connectivity index (χ2n) is 5.03. The van der Waals surface area contributed by atoms with E-state index in [-0.39, 0.29) is 0 Å². The lowest BCUT2D eigenvalue weighted by Crippen LogP contribution is -2.10. The van der Waals surface area contributed by atoms with E-state index in [1.54, 1.807) is 0 Å². The van der Waals surface area contributed by atoms with Crippen molar-refractivity contribution in [2.45, 2.75) is 31.8 Å². The summed E-state index contributed by atoms with van der Waals surface area (Å²) in [6, 6.07) is 8.24. The third-order valence-electron chi connectivity index (χ3n) is 3.27. The summed E-state index contributed by atoms with van der Waals surface area (Å²) in [4.78, 5) is 0. The van der Waals surface area contributed by atoms with Crippen LogP contribution in [0.4, 0.5) is 0 Å². The minimum absolute atomic E-state index is 0.413. The van der Waals surface area contributed by atoms with E-state index >= 15 is 0 Å². The van der Waals surface area contributed by atoms with Crippen LogP contribution >= 0.6 is 0 Å². The highest BCUT2D eigenvalue weighted by molar-refractivity contribution is 5.35. The van der Waals surface area contributed by atoms with Gasteiger partial charge in [0.15, 0.2) is 0 Å². The largest absolute Gasteiger partial charge is 0.390 e. The van der Waals surface area contributed by atoms with E-state index in [0.29, 0.717) is 0 Å². The van der Waals surface area contributed by atoms with Crippen molar-refractivity contribution in [1.82, 2.24) is 9.78 Å². The fraction of sp³-hybridized carbons (Fsp3) is 0.357. The summed E-state index contributed by atoms with van der Waals surface area (Å²) >= 11 is 0. The first-order valence-electron chi connectivity index (χ1n) is 5.98. The Kier molecular flexibility index (Phi) is 2.30. The van der Waals surface area contributed by atoms with E-state index < -0.39 is 5.60 Å². The lowest BCUT2D eigenvalue weighted by Gasteiger charge is -2.08. The molecule has 1 aromatic carbocycles. The van der Waals surface area contributed by atoms with Gasteiger partial charge in [0.25, 0.3) is 0 Å². The van der Waals surface area contributed by atoms with Crippen LogP contribution in [0.2, 0.25) is 0 Å². The van der Waals surface area contributed by atoms with Crippen LogP contribution in [-0.4, -0.2) is 20.5 Å². The smallest absolute Gasteiger partial charge is 0.0690 e. The molecule has 1 aliphatic carbocycles. The average Bonchev–Trinajstić information content (AvgIpc) is 2.87. The predicted molar refractivity (Wildman–Crippen MR) is 66.2 cm³/mol. The predicted octanol–water partition coefficient (Wildman–Crippen LogP) is 2.25. The molecule has 0 unspecified atom stereocenters. The maximum absolute atomic E-state index is 9.85. The molecule has 1 heterocycles. The summed E-state index contributed by atoms with van der Waals surface area (Å²) in [5, 5.41) is 14.1. The topological polar surface area (TPSA) is 38.0 Å². The maximum atomic E-state index is 9.85. The number of hydrogen-bond donors (Lipinski definition) is 1. The number of aromatic nitrogens is 2. The van der Waals surface area contributed by atoms with Gasteiger partial charge >= 0.3 is 0 Å². The van der Waals surface area contributed by atoms with Crippen molar-refractivity contribution in [1.29, 1.82) is 0 Å². The fourth-order valence-corrected chi connectivity index (χ4v) is 2.02. The Morgan fingerprint density at radius 1 is 1.29 bits per heavy atom. The summed E-state index contributed by atoms with van der Waals surface area (Å²) < 4.78 is 1.87.